The van der Waals surface area contributed by atoms with E-state index in [1.165, 1.54) is 18.2 Å². The molecular formula is C22H20N2O5. The molecule has 7 nitrogen and oxygen atoms in total. The van der Waals surface area contributed by atoms with Crippen LogP contribution in [0.15, 0.2) is 77.0 Å². The molecule has 0 saturated carbocycles. The molecule has 3 rings (SSSR count). The van der Waals surface area contributed by atoms with Crippen molar-refractivity contribution in [3.8, 4) is 23.0 Å². The summed E-state index contributed by atoms with van der Waals surface area (Å²) in [5.41, 5.74) is 1.23. The number of esters is 1. The highest BCUT2D eigenvalue weighted by molar-refractivity contribution is 5.91. The smallest absolute Gasteiger partial charge is 0.343 e. The van der Waals surface area contributed by atoms with Crippen LogP contribution in [0.4, 0.5) is 11.4 Å². The zero-order valence-corrected chi connectivity index (χ0v) is 16.0. The van der Waals surface area contributed by atoms with Gasteiger partial charge in [-0.05, 0) is 67.6 Å². The second kappa shape index (κ2) is 9.36. The van der Waals surface area contributed by atoms with Crippen LogP contribution in [-0.4, -0.2) is 24.8 Å². The third kappa shape index (κ3) is 5.32. The number of azo groups is 1. The van der Waals surface area contributed by atoms with Gasteiger partial charge in [-0.25, -0.2) is 4.79 Å². The lowest BCUT2D eigenvalue weighted by molar-refractivity contribution is 0.0734. The lowest BCUT2D eigenvalue weighted by Gasteiger charge is -2.06. The molecule has 7 heteroatoms. The van der Waals surface area contributed by atoms with E-state index in [4.69, 9.17) is 14.2 Å². The molecule has 3 aromatic rings. The van der Waals surface area contributed by atoms with Crippen LogP contribution < -0.4 is 14.2 Å². The molecule has 29 heavy (non-hydrogen) atoms. The van der Waals surface area contributed by atoms with Gasteiger partial charge in [-0.2, -0.15) is 5.11 Å². The van der Waals surface area contributed by atoms with Crippen LogP contribution >= 0.6 is 0 Å². The van der Waals surface area contributed by atoms with Crippen LogP contribution in [0.25, 0.3) is 0 Å². The van der Waals surface area contributed by atoms with Gasteiger partial charge in [0.25, 0.3) is 0 Å². The van der Waals surface area contributed by atoms with E-state index in [2.05, 4.69) is 10.2 Å². The van der Waals surface area contributed by atoms with E-state index in [1.54, 1.807) is 55.6 Å². The van der Waals surface area contributed by atoms with Gasteiger partial charge in [-0.15, -0.1) is 5.11 Å². The van der Waals surface area contributed by atoms with Crippen molar-refractivity contribution in [1.82, 2.24) is 0 Å². The Labute approximate surface area is 168 Å². The first-order valence-electron chi connectivity index (χ1n) is 8.93. The number of hydrogen-bond donors (Lipinski definition) is 1. The number of carbonyl (C=O) groups excluding carboxylic acids is 1. The maximum atomic E-state index is 12.2. The van der Waals surface area contributed by atoms with Crippen LogP contribution in [0.5, 0.6) is 23.0 Å². The van der Waals surface area contributed by atoms with Gasteiger partial charge in [0.15, 0.2) is 0 Å². The predicted octanol–water partition coefficient (Wildman–Crippen LogP) is 5.43. The lowest BCUT2D eigenvalue weighted by atomic mass is 10.2. The fraction of sp³-hybridized carbons (Fsp3) is 0.136. The summed E-state index contributed by atoms with van der Waals surface area (Å²) >= 11 is 0. The molecule has 148 valence electrons. The molecule has 0 unspecified atom stereocenters. The minimum Gasteiger partial charge on any atom is -0.505 e. The highest BCUT2D eigenvalue weighted by atomic mass is 16.5. The Morgan fingerprint density at radius 1 is 0.897 bits per heavy atom. The quantitative estimate of drug-likeness (QED) is 0.329. The summed E-state index contributed by atoms with van der Waals surface area (Å²) in [5.74, 6) is 0.887. The first-order valence-corrected chi connectivity index (χ1v) is 8.93. The average molecular weight is 392 g/mol. The highest BCUT2D eigenvalue weighted by Crippen LogP contribution is 2.32. The molecule has 0 bridgehead atoms. The van der Waals surface area contributed by atoms with Crippen molar-refractivity contribution in [2.24, 2.45) is 10.2 Å². The van der Waals surface area contributed by atoms with Crippen LogP contribution in [0.1, 0.15) is 17.3 Å². The first kappa shape index (κ1) is 19.9. The Hall–Kier alpha value is -3.87. The third-order valence-corrected chi connectivity index (χ3v) is 3.90. The number of phenolic OH excluding ortho intramolecular Hbond substituents is 1. The van der Waals surface area contributed by atoms with Gasteiger partial charge in [0.1, 0.15) is 28.7 Å². The van der Waals surface area contributed by atoms with Gasteiger partial charge in [0.05, 0.1) is 25.0 Å². The molecule has 0 aliphatic carbocycles. The van der Waals surface area contributed by atoms with Gasteiger partial charge < -0.3 is 19.3 Å². The summed E-state index contributed by atoms with van der Waals surface area (Å²) in [6, 6.07) is 18.0. The number of ether oxygens (including phenoxy) is 3. The van der Waals surface area contributed by atoms with Gasteiger partial charge >= 0.3 is 5.97 Å². The van der Waals surface area contributed by atoms with Crippen molar-refractivity contribution in [2.75, 3.05) is 13.7 Å². The van der Waals surface area contributed by atoms with Crippen molar-refractivity contribution >= 4 is 17.3 Å². The summed E-state index contributed by atoms with van der Waals surface area (Å²) in [6.45, 7) is 2.50. The molecule has 0 aromatic heterocycles. The summed E-state index contributed by atoms with van der Waals surface area (Å²) < 4.78 is 15.7. The minimum atomic E-state index is -0.546. The van der Waals surface area contributed by atoms with E-state index >= 15 is 0 Å². The van der Waals surface area contributed by atoms with Crippen molar-refractivity contribution in [2.45, 2.75) is 6.92 Å². The fourth-order valence-corrected chi connectivity index (χ4v) is 2.43. The second-order valence-electron chi connectivity index (χ2n) is 5.90. The Balaban J connectivity index is 1.66. The molecule has 0 aliphatic rings. The number of methoxy groups -OCH3 is 1. The summed E-state index contributed by atoms with van der Waals surface area (Å²) in [7, 11) is 1.55. The normalized spacial score (nSPS) is 10.7. The number of benzene rings is 3. The molecular weight excluding hydrogens is 372 g/mol. The van der Waals surface area contributed by atoms with E-state index in [-0.39, 0.29) is 17.2 Å². The van der Waals surface area contributed by atoms with Crippen LogP contribution in [0, 0.1) is 0 Å². The Bertz CT molecular complexity index is 999. The number of nitrogens with zero attached hydrogens (tertiary/aromatic N) is 2. The number of carbonyl (C=O) groups is 1. The van der Waals surface area contributed by atoms with Gasteiger partial charge in [-0.1, -0.05) is 0 Å². The molecule has 0 amide bonds. The van der Waals surface area contributed by atoms with Crippen molar-refractivity contribution in [1.29, 1.82) is 0 Å². The van der Waals surface area contributed by atoms with Crippen molar-refractivity contribution < 1.29 is 24.1 Å². The summed E-state index contributed by atoms with van der Waals surface area (Å²) in [4.78, 5) is 12.2. The van der Waals surface area contributed by atoms with Crippen LogP contribution in [0.2, 0.25) is 0 Å². The zero-order chi connectivity index (χ0) is 20.6. The number of rotatable bonds is 7. The van der Waals surface area contributed by atoms with E-state index in [0.717, 1.165) is 5.75 Å². The average Bonchev–Trinajstić information content (AvgIpc) is 2.74. The Kier molecular flexibility index (Phi) is 6.42. The maximum Gasteiger partial charge on any atom is 0.343 e. The van der Waals surface area contributed by atoms with Crippen LogP contribution in [0.3, 0.4) is 0 Å². The van der Waals surface area contributed by atoms with Crippen molar-refractivity contribution in [3.05, 3.63) is 72.3 Å². The van der Waals surface area contributed by atoms with E-state index in [1.807, 2.05) is 6.92 Å². The van der Waals surface area contributed by atoms with Crippen molar-refractivity contribution in [3.63, 3.8) is 0 Å². The largest absolute Gasteiger partial charge is 0.505 e. The minimum absolute atomic E-state index is 0.153. The predicted molar refractivity (Wildman–Crippen MR) is 108 cm³/mol. The molecule has 0 spiro atoms. The van der Waals surface area contributed by atoms with Gasteiger partial charge in [-0.3, -0.25) is 0 Å². The number of hydrogen-bond acceptors (Lipinski definition) is 7. The molecule has 0 fully saturated rings. The standard InChI is InChI=1S/C22H20N2O5/c1-3-28-18-10-6-16(7-11-18)23-24-20-13-12-19(14-21(20)25)29-22(26)15-4-8-17(27-2)9-5-15/h4-14,25H,3H2,1-2H3. The summed E-state index contributed by atoms with van der Waals surface area (Å²) in [5, 5.41) is 18.3. The third-order valence-electron chi connectivity index (χ3n) is 3.90. The summed E-state index contributed by atoms with van der Waals surface area (Å²) in [6.07, 6.45) is 0. The molecule has 1 N–H and O–H groups in total. The molecule has 0 radical (unpaired) electrons. The number of phenols is 1. The van der Waals surface area contributed by atoms with E-state index in [0.29, 0.717) is 23.6 Å². The molecule has 0 atom stereocenters. The SMILES string of the molecule is CCOc1ccc(N=Nc2ccc(OC(=O)c3ccc(OC)cc3)cc2O)cc1. The van der Waals surface area contributed by atoms with E-state index < -0.39 is 5.97 Å². The molecule has 0 aliphatic heterocycles. The zero-order valence-electron chi connectivity index (χ0n) is 16.0. The monoisotopic (exact) mass is 392 g/mol. The maximum absolute atomic E-state index is 12.2. The van der Waals surface area contributed by atoms with E-state index in [9.17, 15) is 9.90 Å². The molecule has 0 heterocycles. The first-order chi connectivity index (χ1) is 14.1. The Morgan fingerprint density at radius 3 is 2.17 bits per heavy atom. The van der Waals surface area contributed by atoms with Gasteiger partial charge in [0.2, 0.25) is 0 Å². The van der Waals surface area contributed by atoms with Crippen LogP contribution in [-0.2, 0) is 0 Å². The number of aromatic hydroxyl groups is 1. The topological polar surface area (TPSA) is 89.7 Å². The lowest BCUT2D eigenvalue weighted by Crippen LogP contribution is -2.08. The fourth-order valence-electron chi connectivity index (χ4n) is 2.43. The highest BCUT2D eigenvalue weighted by Gasteiger charge is 2.11. The second-order valence-corrected chi connectivity index (χ2v) is 5.90. The molecule has 3 aromatic carbocycles. The molecule has 0 saturated heterocycles. The van der Waals surface area contributed by atoms with Gasteiger partial charge in [0, 0.05) is 6.07 Å². The Morgan fingerprint density at radius 2 is 1.55 bits per heavy atom.